The zero-order chi connectivity index (χ0) is 35.8. The molecule has 1 aliphatic heterocycles. The van der Waals surface area contributed by atoms with E-state index in [-0.39, 0.29) is 54.4 Å². The molecule has 0 amide bonds. The molecule has 1 rings (SSSR count). The number of ether oxygens (including phenoxy) is 4. The molecule has 0 aromatic carbocycles. The average molecular weight is 655 g/mol. The van der Waals surface area contributed by atoms with Crippen molar-refractivity contribution in [2.75, 3.05) is 6.61 Å². The fourth-order valence-electron chi connectivity index (χ4n) is 5.11. The molecule has 0 aliphatic carbocycles. The van der Waals surface area contributed by atoms with E-state index in [4.69, 9.17) is 18.9 Å². The van der Waals surface area contributed by atoms with Crippen LogP contribution in [-0.2, 0) is 38.1 Å². The zero-order valence-corrected chi connectivity index (χ0v) is 31.4. The number of hydrogen-bond acceptors (Lipinski definition) is 9. The highest BCUT2D eigenvalue weighted by molar-refractivity contribution is 5.83. The summed E-state index contributed by atoms with van der Waals surface area (Å²) in [7, 11) is 0. The van der Waals surface area contributed by atoms with Gasteiger partial charge in [-0.15, -0.1) is 0 Å². The van der Waals surface area contributed by atoms with Crippen molar-refractivity contribution in [2.24, 2.45) is 16.7 Å². The lowest BCUT2D eigenvalue weighted by molar-refractivity contribution is -0.175. The lowest BCUT2D eigenvalue weighted by Gasteiger charge is -2.42. The summed E-state index contributed by atoms with van der Waals surface area (Å²) in [5, 5.41) is 9.84. The van der Waals surface area contributed by atoms with E-state index in [1.54, 1.807) is 13.8 Å². The molecule has 9 heteroatoms. The quantitative estimate of drug-likeness (QED) is 0.0710. The summed E-state index contributed by atoms with van der Waals surface area (Å²) in [4.78, 5) is 50.7. The fraction of sp³-hybridized carbons (Fsp3) is 0.892. The van der Waals surface area contributed by atoms with Crippen LogP contribution in [0.3, 0.4) is 0 Å². The van der Waals surface area contributed by atoms with Crippen LogP contribution in [0.15, 0.2) is 0 Å². The van der Waals surface area contributed by atoms with Gasteiger partial charge in [-0.2, -0.15) is 0 Å². The van der Waals surface area contributed by atoms with Crippen LogP contribution in [0.25, 0.3) is 0 Å². The van der Waals surface area contributed by atoms with Gasteiger partial charge in [-0.3, -0.25) is 19.2 Å². The summed E-state index contributed by atoms with van der Waals surface area (Å²) in [5.41, 5.74) is -3.92. The number of carbonyl (C=O) groups excluding carboxylic acids is 4. The minimum absolute atomic E-state index is 0.00643. The van der Waals surface area contributed by atoms with E-state index in [1.165, 1.54) is 0 Å². The highest BCUT2D eigenvalue weighted by atomic mass is 16.6. The Morgan fingerprint density at radius 1 is 0.739 bits per heavy atom. The third kappa shape index (κ3) is 14.8. The maximum atomic E-state index is 13.6. The van der Waals surface area contributed by atoms with Crippen LogP contribution in [0.5, 0.6) is 0 Å². The Morgan fingerprint density at radius 2 is 1.24 bits per heavy atom. The maximum Gasteiger partial charge on any atom is 0.309 e. The van der Waals surface area contributed by atoms with Crippen LogP contribution < -0.4 is 0 Å². The first-order valence-corrected chi connectivity index (χ1v) is 17.2. The molecule has 0 saturated carbocycles. The van der Waals surface area contributed by atoms with Gasteiger partial charge in [-0.1, -0.05) is 41.0 Å². The molecule has 0 aromatic rings. The number of hydrogen-bond donors (Lipinski definition) is 1. The Labute approximate surface area is 279 Å². The minimum atomic E-state index is -1.10. The number of carbonyl (C=O) groups is 4. The molecule has 2 atom stereocenters. The van der Waals surface area contributed by atoms with E-state index in [0.29, 0.717) is 45.1 Å². The largest absolute Gasteiger partial charge is 0.460 e. The topological polar surface area (TPSA) is 129 Å². The van der Waals surface area contributed by atoms with E-state index in [2.05, 4.69) is 13.8 Å². The second-order valence-corrected chi connectivity index (χ2v) is 16.9. The molecule has 0 aromatic heterocycles. The summed E-state index contributed by atoms with van der Waals surface area (Å²) < 4.78 is 23.1. The number of ketones is 1. The van der Waals surface area contributed by atoms with Crippen molar-refractivity contribution in [3.8, 4) is 0 Å². The monoisotopic (exact) mass is 654 g/mol. The lowest BCUT2D eigenvalue weighted by Crippen LogP contribution is -2.45. The number of Topliss-reactive ketones (excluding diaryl/α,β-unsaturated/α-hetero) is 1. The highest BCUT2D eigenvalue weighted by Crippen LogP contribution is 2.42. The number of rotatable bonds is 22. The standard InChI is InChI=1S/C37H66O9/c1-14-35(8,9)44-29(39)18-16-22-33(4,5)37(12,13)46-31(41)26(23-28-25-43-28)17-15-21-32(2,3)36(10,11)45-30(40)20-19-27(38)24-34(6,7)42/h26,28,42H,14-25H2,1-13H3. The van der Waals surface area contributed by atoms with Crippen molar-refractivity contribution < 1.29 is 43.2 Å². The SMILES string of the molecule is CCC(C)(C)OC(=O)CCCC(C)(C)C(C)(C)OC(=O)C(CCCC(C)(C)C(C)(C)OC(=O)CCC(=O)CC(C)(C)O)CC1CO1. The summed E-state index contributed by atoms with van der Waals surface area (Å²) in [6, 6.07) is 0. The van der Waals surface area contributed by atoms with Crippen LogP contribution >= 0.6 is 0 Å². The second-order valence-electron chi connectivity index (χ2n) is 16.9. The Bertz CT molecular complexity index is 1030. The van der Waals surface area contributed by atoms with E-state index in [1.807, 2.05) is 62.3 Å². The lowest BCUT2D eigenvalue weighted by atomic mass is 9.72. The molecular weight excluding hydrogens is 588 g/mol. The van der Waals surface area contributed by atoms with Crippen molar-refractivity contribution in [3.05, 3.63) is 0 Å². The predicted molar refractivity (Wildman–Crippen MR) is 179 cm³/mol. The smallest absolute Gasteiger partial charge is 0.309 e. The van der Waals surface area contributed by atoms with Gasteiger partial charge in [-0.25, -0.2) is 0 Å². The Kier molecular flexibility index (Phi) is 15.0. The van der Waals surface area contributed by atoms with Crippen molar-refractivity contribution in [1.29, 1.82) is 0 Å². The zero-order valence-electron chi connectivity index (χ0n) is 31.4. The second kappa shape index (κ2) is 16.4. The van der Waals surface area contributed by atoms with Gasteiger partial charge in [0.05, 0.1) is 30.7 Å². The van der Waals surface area contributed by atoms with Gasteiger partial charge in [0.25, 0.3) is 0 Å². The molecule has 9 nitrogen and oxygen atoms in total. The van der Waals surface area contributed by atoms with Crippen molar-refractivity contribution in [1.82, 2.24) is 0 Å². The van der Waals surface area contributed by atoms with Gasteiger partial charge in [0.15, 0.2) is 0 Å². The van der Waals surface area contributed by atoms with Crippen molar-refractivity contribution >= 4 is 23.7 Å². The molecule has 0 radical (unpaired) electrons. The third-order valence-electron chi connectivity index (χ3n) is 10.3. The molecule has 2 unspecified atom stereocenters. The molecule has 268 valence electrons. The normalized spacial score (nSPS) is 16.9. The van der Waals surface area contributed by atoms with E-state index in [0.717, 1.165) is 12.8 Å². The van der Waals surface area contributed by atoms with Crippen LogP contribution in [-0.4, -0.2) is 63.9 Å². The number of aliphatic hydroxyl groups is 1. The van der Waals surface area contributed by atoms with Gasteiger partial charge in [-0.05, 0) is 93.9 Å². The summed E-state index contributed by atoms with van der Waals surface area (Å²) in [6.45, 7) is 25.4. The highest BCUT2D eigenvalue weighted by Gasteiger charge is 2.43. The molecule has 46 heavy (non-hydrogen) atoms. The van der Waals surface area contributed by atoms with E-state index in [9.17, 15) is 24.3 Å². The fourth-order valence-corrected chi connectivity index (χ4v) is 5.11. The predicted octanol–water partition coefficient (Wildman–Crippen LogP) is 7.67. The summed E-state index contributed by atoms with van der Waals surface area (Å²) in [5.74, 6) is -1.39. The molecule has 1 fully saturated rings. The first-order valence-electron chi connectivity index (χ1n) is 17.2. The molecular formula is C37H66O9. The van der Waals surface area contributed by atoms with E-state index < -0.39 is 33.8 Å². The molecule has 1 N–H and O–H groups in total. The van der Waals surface area contributed by atoms with Gasteiger partial charge < -0.3 is 24.1 Å². The maximum absolute atomic E-state index is 13.6. The number of epoxide rings is 1. The first kappa shape index (κ1) is 42.0. The molecule has 1 saturated heterocycles. The van der Waals surface area contributed by atoms with Gasteiger partial charge in [0.2, 0.25) is 0 Å². The molecule has 0 spiro atoms. The average Bonchev–Trinajstić information content (AvgIpc) is 3.69. The molecule has 1 aliphatic rings. The van der Waals surface area contributed by atoms with Crippen LogP contribution in [0.4, 0.5) is 0 Å². The number of esters is 3. The van der Waals surface area contributed by atoms with Gasteiger partial charge >= 0.3 is 17.9 Å². The molecule has 1 heterocycles. The first-order chi connectivity index (χ1) is 20.7. The summed E-state index contributed by atoms with van der Waals surface area (Å²) >= 11 is 0. The molecule has 0 bridgehead atoms. The Hall–Kier alpha value is -2.00. The Morgan fingerprint density at radius 3 is 1.74 bits per heavy atom. The van der Waals surface area contributed by atoms with Crippen LogP contribution in [0.2, 0.25) is 0 Å². The third-order valence-corrected chi connectivity index (χ3v) is 10.3. The summed E-state index contributed by atoms with van der Waals surface area (Å²) in [6.07, 6.45) is 5.12. The van der Waals surface area contributed by atoms with E-state index >= 15 is 0 Å². The van der Waals surface area contributed by atoms with Crippen LogP contribution in [0, 0.1) is 16.7 Å². The minimum Gasteiger partial charge on any atom is -0.460 e. The van der Waals surface area contributed by atoms with Gasteiger partial charge in [0.1, 0.15) is 22.6 Å². The van der Waals surface area contributed by atoms with Crippen molar-refractivity contribution in [2.45, 2.75) is 189 Å². The van der Waals surface area contributed by atoms with Crippen LogP contribution in [0.1, 0.15) is 161 Å². The van der Waals surface area contributed by atoms with Crippen molar-refractivity contribution in [3.63, 3.8) is 0 Å². The van der Waals surface area contributed by atoms with Gasteiger partial charge in [0, 0.05) is 30.1 Å². The Balaban J connectivity index is 2.73.